The summed E-state index contributed by atoms with van der Waals surface area (Å²) >= 11 is 0. The summed E-state index contributed by atoms with van der Waals surface area (Å²) in [6.45, 7) is 4.00. The molecule has 0 aromatic heterocycles. The summed E-state index contributed by atoms with van der Waals surface area (Å²) in [6, 6.07) is 0. The molecule has 0 spiro atoms. The highest BCUT2D eigenvalue weighted by Crippen LogP contribution is 1.85. The molecule has 0 saturated heterocycles. The van der Waals surface area contributed by atoms with Gasteiger partial charge in [0.05, 0.1) is 0 Å². The summed E-state index contributed by atoms with van der Waals surface area (Å²) in [5, 5.41) is 0. The maximum absolute atomic E-state index is 3.92. The Morgan fingerprint density at radius 3 is 2.33 bits per heavy atom. The Hall–Kier alpha value is -0.920. The molecule has 0 radical (unpaired) electrons. The molecule has 0 atom stereocenters. The van der Waals surface area contributed by atoms with Crippen molar-refractivity contribution in [3.05, 3.63) is 11.8 Å². The zero-order chi connectivity index (χ0) is 7.11. The van der Waals surface area contributed by atoms with Crippen LogP contribution < -0.4 is 0 Å². The summed E-state index contributed by atoms with van der Waals surface area (Å²) in [5.41, 5.74) is 1.19. The lowest BCUT2D eigenvalue weighted by Gasteiger charge is -1.79. The average molecular weight is 124 g/mol. The first-order valence-corrected chi connectivity index (χ1v) is 2.84. The maximum Gasteiger partial charge on any atom is 0.0446 e. The highest BCUT2D eigenvalue weighted by Gasteiger charge is 1.67. The van der Waals surface area contributed by atoms with Crippen LogP contribution in [0.1, 0.15) is 13.8 Å². The molecule has 0 fully saturated rings. The minimum absolute atomic E-state index is 1.19. The van der Waals surface area contributed by atoms with Gasteiger partial charge in [-0.3, -0.25) is 9.98 Å². The number of hydrogen-bond acceptors (Lipinski definition) is 2. The third kappa shape index (κ3) is 7.08. The van der Waals surface area contributed by atoms with Gasteiger partial charge in [0.15, 0.2) is 0 Å². The van der Waals surface area contributed by atoms with Gasteiger partial charge in [-0.1, -0.05) is 5.57 Å². The minimum atomic E-state index is 1.19. The van der Waals surface area contributed by atoms with E-state index in [1.165, 1.54) is 5.57 Å². The molecule has 2 heteroatoms. The van der Waals surface area contributed by atoms with Crippen LogP contribution in [0.2, 0.25) is 0 Å². The lowest BCUT2D eigenvalue weighted by atomic mass is 10.4. The molecule has 2 nitrogen and oxygen atoms in total. The Labute approximate surface area is 56.0 Å². The highest BCUT2D eigenvalue weighted by molar-refractivity contribution is 6.16. The van der Waals surface area contributed by atoms with Gasteiger partial charge in [-0.15, -0.1) is 0 Å². The van der Waals surface area contributed by atoms with Crippen molar-refractivity contribution in [1.29, 1.82) is 0 Å². The van der Waals surface area contributed by atoms with Crippen LogP contribution in [0.15, 0.2) is 21.8 Å². The van der Waals surface area contributed by atoms with Crippen LogP contribution in [0.3, 0.4) is 0 Å². The Kier molecular flexibility index (Phi) is 4.69. The van der Waals surface area contributed by atoms with Crippen LogP contribution >= 0.6 is 0 Å². The number of hydrogen-bond donors (Lipinski definition) is 0. The summed E-state index contributed by atoms with van der Waals surface area (Å²) < 4.78 is 0. The summed E-state index contributed by atoms with van der Waals surface area (Å²) in [7, 11) is 1.72. The summed E-state index contributed by atoms with van der Waals surface area (Å²) in [5.74, 6) is 0. The van der Waals surface area contributed by atoms with Gasteiger partial charge in [0.1, 0.15) is 0 Å². The van der Waals surface area contributed by atoms with E-state index < -0.39 is 0 Å². The molecule has 0 saturated carbocycles. The van der Waals surface area contributed by atoms with Crippen LogP contribution in [0.5, 0.6) is 0 Å². The van der Waals surface area contributed by atoms with E-state index in [4.69, 9.17) is 0 Å². The summed E-state index contributed by atoms with van der Waals surface area (Å²) in [6.07, 6.45) is 5.11. The molecule has 0 rings (SSSR count). The Morgan fingerprint density at radius 1 is 1.22 bits per heavy atom. The van der Waals surface area contributed by atoms with E-state index in [-0.39, 0.29) is 0 Å². The molecule has 9 heavy (non-hydrogen) atoms. The van der Waals surface area contributed by atoms with Gasteiger partial charge in [0.25, 0.3) is 0 Å². The third-order valence-corrected chi connectivity index (χ3v) is 0.635. The number of nitrogens with zero attached hydrogens (tertiary/aromatic N) is 2. The van der Waals surface area contributed by atoms with Crippen molar-refractivity contribution in [2.75, 3.05) is 7.05 Å². The molecule has 0 amide bonds. The monoisotopic (exact) mass is 124 g/mol. The average Bonchev–Trinajstić information content (AvgIpc) is 1.80. The van der Waals surface area contributed by atoms with Gasteiger partial charge < -0.3 is 0 Å². The maximum atomic E-state index is 3.92. The Bertz CT molecular complexity index is 139. The van der Waals surface area contributed by atoms with Gasteiger partial charge in [0, 0.05) is 25.7 Å². The van der Waals surface area contributed by atoms with E-state index in [9.17, 15) is 0 Å². The van der Waals surface area contributed by atoms with Crippen molar-refractivity contribution in [3.8, 4) is 0 Å². The molecule has 0 unspecified atom stereocenters. The van der Waals surface area contributed by atoms with Crippen LogP contribution in [0.25, 0.3) is 0 Å². The molecule has 50 valence electrons. The standard InChI is InChI=1S/C7H12N2/c1-7(2)6-9-5-4-8-3/h4-6H,1-3H3. The van der Waals surface area contributed by atoms with Crippen molar-refractivity contribution in [3.63, 3.8) is 0 Å². The molecule has 0 aliphatic carbocycles. The molecular formula is C7H12N2. The largest absolute Gasteiger partial charge is 0.295 e. The SMILES string of the molecule is CN=CC=NC=C(C)C. The second-order valence-electron chi connectivity index (χ2n) is 1.91. The normalized spacial score (nSPS) is 11.0. The summed E-state index contributed by atoms with van der Waals surface area (Å²) in [4.78, 5) is 7.65. The van der Waals surface area contributed by atoms with E-state index in [2.05, 4.69) is 9.98 Å². The number of rotatable bonds is 2. The first-order chi connectivity index (χ1) is 4.27. The van der Waals surface area contributed by atoms with E-state index in [1.807, 2.05) is 13.8 Å². The molecule has 0 bridgehead atoms. The van der Waals surface area contributed by atoms with E-state index >= 15 is 0 Å². The van der Waals surface area contributed by atoms with Gasteiger partial charge in [-0.25, -0.2) is 0 Å². The smallest absolute Gasteiger partial charge is 0.0446 e. The molecule has 0 N–H and O–H groups in total. The van der Waals surface area contributed by atoms with E-state index in [0.29, 0.717) is 0 Å². The van der Waals surface area contributed by atoms with Gasteiger partial charge in [0.2, 0.25) is 0 Å². The zero-order valence-corrected chi connectivity index (χ0v) is 6.13. The third-order valence-electron chi connectivity index (χ3n) is 0.635. The first-order valence-electron chi connectivity index (χ1n) is 2.84. The van der Waals surface area contributed by atoms with Crippen molar-refractivity contribution < 1.29 is 0 Å². The molecular weight excluding hydrogens is 112 g/mol. The van der Waals surface area contributed by atoms with Crippen molar-refractivity contribution in [2.24, 2.45) is 9.98 Å². The van der Waals surface area contributed by atoms with Crippen molar-refractivity contribution in [2.45, 2.75) is 13.8 Å². The molecule has 0 aromatic rings. The minimum Gasteiger partial charge on any atom is -0.295 e. The predicted octanol–water partition coefficient (Wildman–Crippen LogP) is 1.68. The van der Waals surface area contributed by atoms with Gasteiger partial charge in [-0.2, -0.15) is 0 Å². The fourth-order valence-electron chi connectivity index (χ4n) is 0.297. The predicted molar refractivity (Wildman–Crippen MR) is 42.3 cm³/mol. The van der Waals surface area contributed by atoms with Crippen LogP contribution in [0, 0.1) is 0 Å². The van der Waals surface area contributed by atoms with Crippen LogP contribution in [-0.2, 0) is 0 Å². The second kappa shape index (κ2) is 5.22. The van der Waals surface area contributed by atoms with Crippen LogP contribution in [0.4, 0.5) is 0 Å². The highest BCUT2D eigenvalue weighted by atomic mass is 14.7. The Balaban J connectivity index is 3.60. The zero-order valence-electron chi connectivity index (χ0n) is 6.13. The molecule has 0 aliphatic rings. The van der Waals surface area contributed by atoms with E-state index in [0.717, 1.165) is 0 Å². The first kappa shape index (κ1) is 8.08. The quantitative estimate of drug-likeness (QED) is 0.500. The topological polar surface area (TPSA) is 24.7 Å². The number of allylic oxidation sites excluding steroid dienone is 1. The van der Waals surface area contributed by atoms with E-state index in [1.54, 1.807) is 25.7 Å². The number of aliphatic imine (C=N–C) groups is 2. The van der Waals surface area contributed by atoms with Gasteiger partial charge in [-0.05, 0) is 13.8 Å². The van der Waals surface area contributed by atoms with Crippen molar-refractivity contribution >= 4 is 12.4 Å². The fraction of sp³-hybridized carbons (Fsp3) is 0.429. The fourth-order valence-corrected chi connectivity index (χ4v) is 0.297. The lowest BCUT2D eigenvalue weighted by molar-refractivity contribution is 1.34. The molecule has 0 aromatic carbocycles. The van der Waals surface area contributed by atoms with Crippen LogP contribution in [-0.4, -0.2) is 19.5 Å². The van der Waals surface area contributed by atoms with Crippen molar-refractivity contribution in [1.82, 2.24) is 0 Å². The molecule has 0 heterocycles. The Morgan fingerprint density at radius 2 is 1.89 bits per heavy atom. The molecule has 0 aliphatic heterocycles. The van der Waals surface area contributed by atoms with Gasteiger partial charge >= 0.3 is 0 Å². The second-order valence-corrected chi connectivity index (χ2v) is 1.91. The lowest BCUT2D eigenvalue weighted by Crippen LogP contribution is -1.71.